The molecule has 3 rings (SSSR count). The zero-order valence-corrected chi connectivity index (χ0v) is 10.2. The van der Waals surface area contributed by atoms with Gasteiger partial charge >= 0.3 is 17.1 Å². The maximum absolute atomic E-state index is 11.7. The Morgan fingerprint density at radius 2 is 2.21 bits per heavy atom. The third kappa shape index (κ3) is 2.04. The molecule has 3 heterocycles. The number of aromatic nitrogens is 3. The molecule has 2 aliphatic heterocycles. The van der Waals surface area contributed by atoms with Gasteiger partial charge in [0.1, 0.15) is 18.0 Å². The predicted molar refractivity (Wildman–Crippen MR) is 59.6 cm³/mol. The van der Waals surface area contributed by atoms with Crippen LogP contribution in [0.3, 0.4) is 0 Å². The van der Waals surface area contributed by atoms with Crippen molar-refractivity contribution in [2.24, 2.45) is 0 Å². The van der Waals surface area contributed by atoms with E-state index in [2.05, 4.69) is 10.1 Å². The molecule has 2 aliphatic rings. The van der Waals surface area contributed by atoms with E-state index in [9.17, 15) is 14.1 Å². The van der Waals surface area contributed by atoms with Gasteiger partial charge in [-0.1, -0.05) is 0 Å². The van der Waals surface area contributed by atoms with E-state index >= 15 is 0 Å². The number of nitrogens with zero attached hydrogens (tertiary/aromatic N) is 3. The number of rotatable bonds is 2. The molecular weight excluding hydrogens is 280 g/mol. The molecule has 1 aromatic rings. The van der Waals surface area contributed by atoms with E-state index in [4.69, 9.17) is 18.8 Å². The number of hydrogen-bond donors (Lipinski definition) is 2. The minimum atomic E-state index is -1.94. The lowest BCUT2D eigenvalue weighted by molar-refractivity contribution is -0.0623. The van der Waals surface area contributed by atoms with Crippen molar-refractivity contribution in [2.75, 3.05) is 12.3 Å². The number of nitrogen functional groups attached to an aromatic ring is 1. The second-order valence-corrected chi connectivity index (χ2v) is 4.78. The molecule has 1 aromatic heterocycles. The summed E-state index contributed by atoms with van der Waals surface area (Å²) in [5.74, 6) is -0.0262. The summed E-state index contributed by atoms with van der Waals surface area (Å²) in [5.41, 5.74) is 4.60. The molecule has 2 saturated heterocycles. The topological polar surface area (TPSA) is 139 Å². The van der Waals surface area contributed by atoms with Crippen molar-refractivity contribution in [3.05, 3.63) is 16.7 Å². The summed E-state index contributed by atoms with van der Waals surface area (Å²) >= 11 is -1.94. The molecule has 0 amide bonds. The SMILES string of the molecule is Nc1cnn(C2OC(CO)C3OS(=O)OC32)c(=O)n1. The molecular formula is C8H10N4O6S. The van der Waals surface area contributed by atoms with Gasteiger partial charge in [0.05, 0.1) is 12.8 Å². The molecule has 19 heavy (non-hydrogen) atoms. The quantitative estimate of drug-likeness (QED) is 0.603. The number of nitrogens with two attached hydrogens (primary N) is 1. The molecule has 0 radical (unpaired) electrons. The maximum Gasteiger partial charge on any atom is 0.368 e. The van der Waals surface area contributed by atoms with Crippen molar-refractivity contribution >= 4 is 17.2 Å². The molecule has 11 heteroatoms. The molecule has 0 bridgehead atoms. The fourth-order valence-electron chi connectivity index (χ4n) is 2.01. The van der Waals surface area contributed by atoms with E-state index in [0.717, 1.165) is 4.68 Å². The second-order valence-electron chi connectivity index (χ2n) is 3.98. The first-order valence-corrected chi connectivity index (χ1v) is 6.34. The third-order valence-corrected chi connectivity index (χ3v) is 3.58. The van der Waals surface area contributed by atoms with Crippen LogP contribution < -0.4 is 11.4 Å². The van der Waals surface area contributed by atoms with Crippen molar-refractivity contribution in [3.63, 3.8) is 0 Å². The molecule has 5 atom stereocenters. The molecule has 2 fully saturated rings. The highest BCUT2D eigenvalue weighted by Gasteiger charge is 2.54. The van der Waals surface area contributed by atoms with Crippen molar-refractivity contribution < 1.29 is 22.4 Å². The van der Waals surface area contributed by atoms with E-state index in [0.29, 0.717) is 0 Å². The van der Waals surface area contributed by atoms with Gasteiger partial charge < -0.3 is 15.6 Å². The molecule has 0 aromatic carbocycles. The molecule has 0 spiro atoms. The summed E-state index contributed by atoms with van der Waals surface area (Å²) in [5, 5.41) is 13.0. The van der Waals surface area contributed by atoms with Crippen LogP contribution in [0.2, 0.25) is 0 Å². The van der Waals surface area contributed by atoms with E-state index in [-0.39, 0.29) is 12.4 Å². The van der Waals surface area contributed by atoms with Crippen LogP contribution in [0, 0.1) is 0 Å². The van der Waals surface area contributed by atoms with Crippen molar-refractivity contribution in [1.29, 1.82) is 0 Å². The van der Waals surface area contributed by atoms with Crippen LogP contribution in [0.15, 0.2) is 11.0 Å². The van der Waals surface area contributed by atoms with Gasteiger partial charge in [0.15, 0.2) is 12.3 Å². The van der Waals surface area contributed by atoms with Gasteiger partial charge in [-0.2, -0.15) is 19.0 Å². The average Bonchev–Trinajstić information content (AvgIpc) is 2.87. The van der Waals surface area contributed by atoms with Crippen molar-refractivity contribution in [1.82, 2.24) is 14.8 Å². The molecule has 5 unspecified atom stereocenters. The van der Waals surface area contributed by atoms with E-state index in [1.165, 1.54) is 6.20 Å². The Balaban J connectivity index is 1.96. The number of anilines is 1. The maximum atomic E-state index is 11.7. The highest BCUT2D eigenvalue weighted by Crippen LogP contribution is 2.37. The number of aliphatic hydroxyl groups excluding tert-OH is 1. The fraction of sp³-hybridized carbons (Fsp3) is 0.625. The van der Waals surface area contributed by atoms with Gasteiger partial charge in [0, 0.05) is 0 Å². The van der Waals surface area contributed by atoms with Crippen LogP contribution in [-0.2, 0) is 24.5 Å². The van der Waals surface area contributed by atoms with Crippen LogP contribution in [0.1, 0.15) is 6.23 Å². The van der Waals surface area contributed by atoms with Gasteiger partial charge in [0.25, 0.3) is 0 Å². The van der Waals surface area contributed by atoms with Crippen LogP contribution >= 0.6 is 0 Å². The molecule has 104 valence electrons. The summed E-state index contributed by atoms with van der Waals surface area (Å²) < 4.78 is 27.6. The number of hydrogen-bond acceptors (Lipinski definition) is 9. The van der Waals surface area contributed by atoms with Gasteiger partial charge in [0.2, 0.25) is 0 Å². The number of ether oxygens (including phenoxy) is 1. The summed E-state index contributed by atoms with van der Waals surface area (Å²) in [6.07, 6.45) is -2.10. The van der Waals surface area contributed by atoms with Crippen LogP contribution in [0.4, 0.5) is 5.82 Å². The highest BCUT2D eigenvalue weighted by atomic mass is 32.2. The first-order valence-electron chi connectivity index (χ1n) is 5.34. The number of fused-ring (bicyclic) bond motifs is 1. The standard InChI is InChI=1S/C8H10N4O6S/c9-4-1-10-12(8(14)11-4)7-6-5(3(2-13)16-7)17-19(15)18-6/h1,3,5-7,13H,2H2,(H2,9,11,14). The lowest BCUT2D eigenvalue weighted by Gasteiger charge is -2.15. The summed E-state index contributed by atoms with van der Waals surface area (Å²) in [6, 6.07) is 0. The van der Waals surface area contributed by atoms with E-state index < -0.39 is 41.6 Å². The molecule has 0 saturated carbocycles. The highest BCUT2D eigenvalue weighted by molar-refractivity contribution is 7.75. The first-order chi connectivity index (χ1) is 9.10. The Hall–Kier alpha value is -1.40. The minimum absolute atomic E-state index is 0.0262. The van der Waals surface area contributed by atoms with E-state index in [1.807, 2.05) is 0 Å². The lowest BCUT2D eigenvalue weighted by Crippen LogP contribution is -2.36. The Morgan fingerprint density at radius 1 is 1.47 bits per heavy atom. The van der Waals surface area contributed by atoms with Gasteiger partial charge in [-0.05, 0) is 0 Å². The zero-order chi connectivity index (χ0) is 13.6. The minimum Gasteiger partial charge on any atom is -0.394 e. The second kappa shape index (κ2) is 4.61. The smallest absolute Gasteiger partial charge is 0.368 e. The van der Waals surface area contributed by atoms with Crippen LogP contribution in [-0.4, -0.2) is 49.0 Å². The van der Waals surface area contributed by atoms with E-state index in [1.54, 1.807) is 0 Å². The molecule has 0 aliphatic carbocycles. The Morgan fingerprint density at radius 3 is 2.89 bits per heavy atom. The Bertz CT molecular complexity index is 579. The number of aliphatic hydroxyl groups is 1. The summed E-state index contributed by atoms with van der Waals surface area (Å²) in [4.78, 5) is 15.2. The Kier molecular flexibility index (Phi) is 3.06. The van der Waals surface area contributed by atoms with Crippen molar-refractivity contribution in [2.45, 2.75) is 24.5 Å². The Labute approximate surface area is 109 Å². The van der Waals surface area contributed by atoms with Gasteiger partial charge in [-0.3, -0.25) is 8.37 Å². The zero-order valence-electron chi connectivity index (χ0n) is 9.41. The van der Waals surface area contributed by atoms with Gasteiger partial charge in [-0.25, -0.2) is 4.79 Å². The van der Waals surface area contributed by atoms with Crippen molar-refractivity contribution in [3.8, 4) is 0 Å². The first kappa shape index (κ1) is 12.6. The van der Waals surface area contributed by atoms with Gasteiger partial charge in [-0.15, -0.1) is 0 Å². The summed E-state index contributed by atoms with van der Waals surface area (Å²) in [7, 11) is 0. The van der Waals surface area contributed by atoms with Crippen LogP contribution in [0.5, 0.6) is 0 Å². The van der Waals surface area contributed by atoms with Crippen LogP contribution in [0.25, 0.3) is 0 Å². The normalized spacial score (nSPS) is 37.4. The largest absolute Gasteiger partial charge is 0.394 e. The fourth-order valence-corrected chi connectivity index (χ4v) is 2.86. The average molecular weight is 290 g/mol. The predicted octanol–water partition coefficient (Wildman–Crippen LogP) is -2.53. The lowest BCUT2D eigenvalue weighted by atomic mass is 10.1. The third-order valence-electron chi connectivity index (χ3n) is 2.82. The molecule has 10 nitrogen and oxygen atoms in total. The molecule has 3 N–H and O–H groups in total. The monoisotopic (exact) mass is 290 g/mol. The summed E-state index contributed by atoms with van der Waals surface area (Å²) in [6.45, 7) is -0.366.